The minimum absolute atomic E-state index is 0.521. The number of carbonyl (C=O) groups is 2. The van der Waals surface area contributed by atoms with E-state index < -0.39 is 12.0 Å². The van der Waals surface area contributed by atoms with E-state index in [1.165, 1.54) is 11.8 Å². The number of carbonyl (C=O) groups excluding carboxylic acids is 1. The van der Waals surface area contributed by atoms with Crippen molar-refractivity contribution in [2.24, 2.45) is 0 Å². The van der Waals surface area contributed by atoms with Crippen LogP contribution < -0.4 is 0 Å². The van der Waals surface area contributed by atoms with E-state index in [0.717, 1.165) is 12.8 Å². The molecule has 0 aromatic heterocycles. The highest BCUT2D eigenvalue weighted by Crippen LogP contribution is 1.98. The Labute approximate surface area is 72.2 Å². The molecule has 4 heteroatoms. The van der Waals surface area contributed by atoms with Crippen LogP contribution in [0.5, 0.6) is 0 Å². The van der Waals surface area contributed by atoms with Gasteiger partial charge in [0.1, 0.15) is 6.04 Å². The molecule has 0 aromatic rings. The van der Waals surface area contributed by atoms with Crippen LogP contribution in [-0.4, -0.2) is 35.0 Å². The number of hydrogen-bond acceptors (Lipinski definition) is 2. The quantitative estimate of drug-likeness (QED) is 0.602. The lowest BCUT2D eigenvalue weighted by molar-refractivity contribution is -0.145. The molecule has 0 fully saturated rings. The van der Waals surface area contributed by atoms with Crippen molar-refractivity contribution < 1.29 is 14.7 Å². The first-order chi connectivity index (χ1) is 5.63. The molecule has 0 saturated carbocycles. The van der Waals surface area contributed by atoms with Gasteiger partial charge in [-0.3, -0.25) is 4.79 Å². The topological polar surface area (TPSA) is 57.6 Å². The average molecular weight is 173 g/mol. The second-order valence-electron chi connectivity index (χ2n) is 2.71. The van der Waals surface area contributed by atoms with Crippen molar-refractivity contribution in [3.8, 4) is 0 Å². The smallest absolute Gasteiger partial charge is 0.326 e. The molecular weight excluding hydrogens is 158 g/mol. The molecule has 1 unspecified atom stereocenters. The molecule has 0 saturated heterocycles. The van der Waals surface area contributed by atoms with E-state index in [9.17, 15) is 9.59 Å². The molecule has 0 spiro atoms. The molecular formula is C8H15NO3. The van der Waals surface area contributed by atoms with Gasteiger partial charge in [0.15, 0.2) is 0 Å². The number of rotatable bonds is 6. The first-order valence-electron chi connectivity index (χ1n) is 4.07. The maximum atomic E-state index is 10.5. The van der Waals surface area contributed by atoms with Crippen LogP contribution in [0.1, 0.15) is 26.7 Å². The zero-order valence-electron chi connectivity index (χ0n) is 7.49. The van der Waals surface area contributed by atoms with Gasteiger partial charge in [-0.05, 0) is 13.3 Å². The number of carboxylic acid groups (broad SMARTS) is 1. The van der Waals surface area contributed by atoms with Crippen molar-refractivity contribution in [3.63, 3.8) is 0 Å². The van der Waals surface area contributed by atoms with E-state index in [1.807, 2.05) is 6.92 Å². The molecule has 1 atom stereocenters. The van der Waals surface area contributed by atoms with Gasteiger partial charge in [0.2, 0.25) is 6.41 Å². The van der Waals surface area contributed by atoms with E-state index >= 15 is 0 Å². The Morgan fingerprint density at radius 1 is 1.67 bits per heavy atom. The third-order valence-electron chi connectivity index (χ3n) is 1.76. The Balaban J connectivity index is 3.95. The molecule has 0 rings (SSSR count). The van der Waals surface area contributed by atoms with Crippen LogP contribution in [0.15, 0.2) is 0 Å². The van der Waals surface area contributed by atoms with Crippen molar-refractivity contribution in [1.82, 2.24) is 4.90 Å². The molecule has 12 heavy (non-hydrogen) atoms. The van der Waals surface area contributed by atoms with Gasteiger partial charge in [-0.15, -0.1) is 0 Å². The molecule has 0 aliphatic rings. The highest BCUT2D eigenvalue weighted by atomic mass is 16.4. The van der Waals surface area contributed by atoms with E-state index in [2.05, 4.69) is 0 Å². The molecule has 1 amide bonds. The number of unbranched alkanes of at least 4 members (excludes halogenated alkanes) is 1. The van der Waals surface area contributed by atoms with Crippen LogP contribution in [0.3, 0.4) is 0 Å². The first-order valence-corrected chi connectivity index (χ1v) is 4.07. The summed E-state index contributed by atoms with van der Waals surface area (Å²) in [6.45, 7) is 4.02. The van der Waals surface area contributed by atoms with Gasteiger partial charge >= 0.3 is 5.97 Å². The van der Waals surface area contributed by atoms with Gasteiger partial charge in [-0.25, -0.2) is 4.79 Å². The molecule has 0 aromatic carbocycles. The van der Waals surface area contributed by atoms with Gasteiger partial charge < -0.3 is 10.0 Å². The van der Waals surface area contributed by atoms with Crippen molar-refractivity contribution >= 4 is 12.4 Å². The summed E-state index contributed by atoms with van der Waals surface area (Å²) < 4.78 is 0. The molecule has 0 bridgehead atoms. The van der Waals surface area contributed by atoms with Gasteiger partial charge in [0, 0.05) is 6.54 Å². The third-order valence-corrected chi connectivity index (χ3v) is 1.76. The molecule has 4 nitrogen and oxygen atoms in total. The average Bonchev–Trinajstić information content (AvgIpc) is 2.05. The zero-order valence-corrected chi connectivity index (χ0v) is 7.49. The molecule has 1 N–H and O–H groups in total. The van der Waals surface area contributed by atoms with Crippen LogP contribution >= 0.6 is 0 Å². The fourth-order valence-electron chi connectivity index (χ4n) is 0.820. The normalized spacial score (nSPS) is 12.2. The lowest BCUT2D eigenvalue weighted by Crippen LogP contribution is -2.38. The fourth-order valence-corrected chi connectivity index (χ4v) is 0.820. The van der Waals surface area contributed by atoms with Crippen LogP contribution in [-0.2, 0) is 9.59 Å². The second-order valence-corrected chi connectivity index (χ2v) is 2.71. The largest absolute Gasteiger partial charge is 0.480 e. The molecule has 0 aliphatic heterocycles. The van der Waals surface area contributed by atoms with Crippen molar-refractivity contribution in [2.45, 2.75) is 32.7 Å². The van der Waals surface area contributed by atoms with Crippen molar-refractivity contribution in [3.05, 3.63) is 0 Å². The van der Waals surface area contributed by atoms with Crippen LogP contribution in [0.4, 0.5) is 0 Å². The zero-order chi connectivity index (χ0) is 9.56. The molecule has 70 valence electrons. The Morgan fingerprint density at radius 3 is 2.58 bits per heavy atom. The Kier molecular flexibility index (Phi) is 5.08. The van der Waals surface area contributed by atoms with Gasteiger partial charge in [0.25, 0.3) is 0 Å². The number of amides is 1. The predicted molar refractivity (Wildman–Crippen MR) is 44.8 cm³/mol. The maximum Gasteiger partial charge on any atom is 0.326 e. The number of nitrogens with zero attached hydrogens (tertiary/aromatic N) is 1. The lowest BCUT2D eigenvalue weighted by atomic mass is 10.2. The van der Waals surface area contributed by atoms with E-state index in [-0.39, 0.29) is 0 Å². The highest BCUT2D eigenvalue weighted by molar-refractivity contribution is 5.75. The lowest BCUT2D eigenvalue weighted by Gasteiger charge is -2.20. The van der Waals surface area contributed by atoms with Crippen LogP contribution in [0.2, 0.25) is 0 Å². The fraction of sp³-hybridized carbons (Fsp3) is 0.750. The maximum absolute atomic E-state index is 10.5. The first kappa shape index (κ1) is 10.9. The summed E-state index contributed by atoms with van der Waals surface area (Å²) in [5.41, 5.74) is 0. The summed E-state index contributed by atoms with van der Waals surface area (Å²) in [5.74, 6) is -0.960. The summed E-state index contributed by atoms with van der Waals surface area (Å²) in [6, 6.07) is -0.714. The van der Waals surface area contributed by atoms with Gasteiger partial charge in [-0.1, -0.05) is 13.3 Å². The summed E-state index contributed by atoms with van der Waals surface area (Å²) in [4.78, 5) is 22.2. The number of aliphatic carboxylic acids is 1. The summed E-state index contributed by atoms with van der Waals surface area (Å²) in [5, 5.41) is 8.58. The Morgan fingerprint density at radius 2 is 2.25 bits per heavy atom. The van der Waals surface area contributed by atoms with Crippen LogP contribution in [0, 0.1) is 0 Å². The minimum atomic E-state index is -0.960. The van der Waals surface area contributed by atoms with Gasteiger partial charge in [0.05, 0.1) is 0 Å². The monoisotopic (exact) mass is 173 g/mol. The second kappa shape index (κ2) is 5.57. The van der Waals surface area contributed by atoms with Crippen LogP contribution in [0.25, 0.3) is 0 Å². The summed E-state index contributed by atoms with van der Waals surface area (Å²) in [6.07, 6.45) is 2.39. The standard InChI is InChI=1S/C8H15NO3/c1-3-4-5-9(6-10)7(2)8(11)12/h6-7H,3-5H2,1-2H3,(H,11,12). The van der Waals surface area contributed by atoms with Crippen molar-refractivity contribution in [2.75, 3.05) is 6.54 Å². The summed E-state index contributed by atoms with van der Waals surface area (Å²) in [7, 11) is 0. The number of hydrogen-bond donors (Lipinski definition) is 1. The highest BCUT2D eigenvalue weighted by Gasteiger charge is 2.17. The van der Waals surface area contributed by atoms with E-state index in [0.29, 0.717) is 13.0 Å². The minimum Gasteiger partial charge on any atom is -0.480 e. The SMILES string of the molecule is CCCCN(C=O)C(C)C(=O)O. The third kappa shape index (κ3) is 3.37. The summed E-state index contributed by atoms with van der Waals surface area (Å²) >= 11 is 0. The molecule has 0 radical (unpaired) electrons. The van der Waals surface area contributed by atoms with Crippen molar-refractivity contribution in [1.29, 1.82) is 0 Å². The van der Waals surface area contributed by atoms with E-state index in [1.54, 1.807) is 0 Å². The number of carboxylic acids is 1. The Hall–Kier alpha value is -1.06. The molecule has 0 aliphatic carbocycles. The predicted octanol–water partition coefficient (Wildman–Crippen LogP) is 0.718. The Bertz CT molecular complexity index is 158. The van der Waals surface area contributed by atoms with E-state index in [4.69, 9.17) is 5.11 Å². The van der Waals surface area contributed by atoms with Gasteiger partial charge in [-0.2, -0.15) is 0 Å². The molecule has 0 heterocycles.